The maximum atomic E-state index is 12.9. The van der Waals surface area contributed by atoms with E-state index in [2.05, 4.69) is 33.4 Å². The summed E-state index contributed by atoms with van der Waals surface area (Å²) in [6.45, 7) is 3.11. The fourth-order valence-electron chi connectivity index (χ4n) is 3.41. The molecule has 1 saturated heterocycles. The number of hydrogen-bond acceptors (Lipinski definition) is 3. The van der Waals surface area contributed by atoms with E-state index >= 15 is 0 Å². The number of ether oxygens (including phenoxy) is 1. The van der Waals surface area contributed by atoms with Crippen LogP contribution >= 0.6 is 0 Å². The normalized spacial score (nSPS) is 13.9. The van der Waals surface area contributed by atoms with Crippen LogP contribution in [-0.2, 0) is 11.2 Å². The molecular formula is C23H24N3O2+. The van der Waals surface area contributed by atoms with Gasteiger partial charge in [0.1, 0.15) is 0 Å². The third-order valence-corrected chi connectivity index (χ3v) is 4.91. The quantitative estimate of drug-likeness (QED) is 0.746. The number of benzene rings is 2. The van der Waals surface area contributed by atoms with Gasteiger partial charge in [-0.05, 0) is 23.6 Å². The van der Waals surface area contributed by atoms with Crippen LogP contribution in [0.2, 0.25) is 0 Å². The van der Waals surface area contributed by atoms with Gasteiger partial charge in [-0.15, -0.1) is 0 Å². The summed E-state index contributed by atoms with van der Waals surface area (Å²) in [5.41, 5.74) is 4.71. The summed E-state index contributed by atoms with van der Waals surface area (Å²) < 4.78 is 5.41. The van der Waals surface area contributed by atoms with Gasteiger partial charge in [-0.2, -0.15) is 0 Å². The minimum absolute atomic E-state index is 0.143. The molecule has 1 amide bonds. The SMILES string of the molecule is O=C(Nc1ccccc1Cc1ccccc1)c1cc(N2CCOCC2)cc[nH+]1. The third kappa shape index (κ3) is 4.38. The van der Waals surface area contributed by atoms with E-state index in [1.54, 1.807) is 0 Å². The molecule has 4 rings (SSSR count). The fraction of sp³-hybridized carbons (Fsp3) is 0.217. The van der Waals surface area contributed by atoms with E-state index in [9.17, 15) is 4.79 Å². The van der Waals surface area contributed by atoms with E-state index in [1.807, 2.05) is 54.7 Å². The topological polar surface area (TPSA) is 55.7 Å². The lowest BCUT2D eigenvalue weighted by Gasteiger charge is -2.28. The summed E-state index contributed by atoms with van der Waals surface area (Å²) in [5.74, 6) is -0.143. The number of aromatic nitrogens is 1. The molecule has 5 nitrogen and oxygen atoms in total. The highest BCUT2D eigenvalue weighted by molar-refractivity contribution is 6.02. The average molecular weight is 374 g/mol. The average Bonchev–Trinajstić information content (AvgIpc) is 2.76. The first kappa shape index (κ1) is 18.2. The molecule has 3 aromatic rings. The van der Waals surface area contributed by atoms with E-state index in [0.717, 1.165) is 36.4 Å². The maximum Gasteiger partial charge on any atom is 0.320 e. The second kappa shape index (κ2) is 8.67. The van der Waals surface area contributed by atoms with Gasteiger partial charge >= 0.3 is 5.91 Å². The molecule has 0 unspecified atom stereocenters. The van der Waals surface area contributed by atoms with Crippen LogP contribution in [0.25, 0.3) is 0 Å². The number of hydrogen-bond donors (Lipinski definition) is 1. The molecule has 2 N–H and O–H groups in total. The Morgan fingerprint density at radius 2 is 1.75 bits per heavy atom. The van der Waals surface area contributed by atoms with Crippen LogP contribution in [0.15, 0.2) is 72.9 Å². The van der Waals surface area contributed by atoms with Crippen LogP contribution < -0.4 is 15.2 Å². The molecule has 0 bridgehead atoms. The summed E-state index contributed by atoms with van der Waals surface area (Å²) in [5, 5.41) is 3.06. The van der Waals surface area contributed by atoms with Crippen molar-refractivity contribution in [2.24, 2.45) is 0 Å². The molecule has 1 aliphatic heterocycles. The van der Waals surface area contributed by atoms with Gasteiger partial charge in [-0.25, -0.2) is 4.98 Å². The molecule has 142 valence electrons. The van der Waals surface area contributed by atoms with Crippen molar-refractivity contribution in [1.29, 1.82) is 0 Å². The van der Waals surface area contributed by atoms with Crippen LogP contribution in [0.4, 0.5) is 11.4 Å². The van der Waals surface area contributed by atoms with E-state index in [0.29, 0.717) is 18.9 Å². The van der Waals surface area contributed by atoms with Crippen molar-refractivity contribution in [1.82, 2.24) is 0 Å². The van der Waals surface area contributed by atoms with Crippen molar-refractivity contribution in [2.45, 2.75) is 6.42 Å². The molecule has 0 aliphatic carbocycles. The van der Waals surface area contributed by atoms with Crippen LogP contribution in [-0.4, -0.2) is 32.2 Å². The monoisotopic (exact) mass is 374 g/mol. The predicted octanol–water partition coefficient (Wildman–Crippen LogP) is 3.18. The number of aromatic amines is 1. The summed E-state index contributed by atoms with van der Waals surface area (Å²) >= 11 is 0. The Labute approximate surface area is 165 Å². The molecule has 0 saturated carbocycles. The molecule has 1 aliphatic rings. The Hall–Kier alpha value is -3.18. The summed E-state index contributed by atoms with van der Waals surface area (Å²) in [4.78, 5) is 18.2. The number of anilines is 2. The lowest BCUT2D eigenvalue weighted by molar-refractivity contribution is -0.381. The molecule has 28 heavy (non-hydrogen) atoms. The number of carbonyl (C=O) groups excluding carboxylic acids is 1. The van der Waals surface area contributed by atoms with E-state index in [-0.39, 0.29) is 5.91 Å². The first-order valence-corrected chi connectivity index (χ1v) is 9.57. The maximum absolute atomic E-state index is 12.9. The van der Waals surface area contributed by atoms with Gasteiger partial charge in [0.25, 0.3) is 5.69 Å². The molecule has 0 spiro atoms. The zero-order valence-corrected chi connectivity index (χ0v) is 15.7. The molecule has 0 radical (unpaired) electrons. The van der Waals surface area contributed by atoms with Gasteiger partial charge in [0.2, 0.25) is 0 Å². The van der Waals surface area contributed by atoms with Gasteiger partial charge in [0.05, 0.1) is 13.2 Å². The number of H-pyrrole nitrogens is 1. The zero-order chi connectivity index (χ0) is 19.2. The molecule has 2 aromatic carbocycles. The number of morpholine rings is 1. The second-order valence-corrected chi connectivity index (χ2v) is 6.83. The van der Waals surface area contributed by atoms with Crippen LogP contribution in [0.5, 0.6) is 0 Å². The molecular weight excluding hydrogens is 350 g/mol. The minimum atomic E-state index is -0.143. The Bertz CT molecular complexity index is 937. The third-order valence-electron chi connectivity index (χ3n) is 4.91. The van der Waals surface area contributed by atoms with Crippen LogP contribution in [0.1, 0.15) is 21.6 Å². The summed E-state index contributed by atoms with van der Waals surface area (Å²) in [6, 6.07) is 22.1. The smallest absolute Gasteiger partial charge is 0.320 e. The number of carbonyl (C=O) groups is 1. The highest BCUT2D eigenvalue weighted by atomic mass is 16.5. The van der Waals surface area contributed by atoms with Crippen molar-refractivity contribution in [3.63, 3.8) is 0 Å². The Balaban J connectivity index is 1.51. The van der Waals surface area contributed by atoms with Gasteiger partial charge in [-0.1, -0.05) is 48.5 Å². The first-order chi connectivity index (χ1) is 13.8. The van der Waals surface area contributed by atoms with Crippen LogP contribution in [0, 0.1) is 0 Å². The van der Waals surface area contributed by atoms with Gasteiger partial charge in [0.15, 0.2) is 6.20 Å². The standard InChI is InChI=1S/C23H23N3O2/c27-23(22-17-20(10-11-24-22)26-12-14-28-15-13-26)25-21-9-5-4-8-19(21)16-18-6-2-1-3-7-18/h1-11,17H,12-16H2,(H,25,27)/p+1. The Kier molecular flexibility index (Phi) is 5.64. The van der Waals surface area contributed by atoms with E-state index in [1.165, 1.54) is 5.56 Å². The predicted molar refractivity (Wildman–Crippen MR) is 110 cm³/mol. The van der Waals surface area contributed by atoms with Crippen molar-refractivity contribution in [3.8, 4) is 0 Å². The Morgan fingerprint density at radius 1 is 1.00 bits per heavy atom. The van der Waals surface area contributed by atoms with Crippen LogP contribution in [0.3, 0.4) is 0 Å². The van der Waals surface area contributed by atoms with Crippen molar-refractivity contribution >= 4 is 17.3 Å². The molecule has 5 heteroatoms. The lowest BCUT2D eigenvalue weighted by atomic mass is 10.0. The summed E-state index contributed by atoms with van der Waals surface area (Å²) in [7, 11) is 0. The Morgan fingerprint density at radius 3 is 2.57 bits per heavy atom. The van der Waals surface area contributed by atoms with E-state index in [4.69, 9.17) is 4.74 Å². The largest absolute Gasteiger partial charge is 0.378 e. The number of para-hydroxylation sites is 1. The lowest BCUT2D eigenvalue weighted by Crippen LogP contribution is -2.36. The van der Waals surface area contributed by atoms with E-state index < -0.39 is 0 Å². The highest BCUT2D eigenvalue weighted by Gasteiger charge is 2.19. The number of nitrogens with one attached hydrogen (secondary N) is 2. The second-order valence-electron chi connectivity index (χ2n) is 6.83. The molecule has 2 heterocycles. The number of amides is 1. The molecule has 0 atom stereocenters. The van der Waals surface area contributed by atoms with Crippen molar-refractivity contribution < 1.29 is 14.5 Å². The first-order valence-electron chi connectivity index (χ1n) is 9.57. The molecule has 1 aromatic heterocycles. The number of pyridine rings is 1. The number of rotatable bonds is 5. The molecule has 1 fully saturated rings. The highest BCUT2D eigenvalue weighted by Crippen LogP contribution is 2.20. The van der Waals surface area contributed by atoms with Gasteiger partial charge in [-0.3, -0.25) is 4.79 Å². The van der Waals surface area contributed by atoms with Gasteiger partial charge < -0.3 is 15.0 Å². The van der Waals surface area contributed by atoms with Crippen molar-refractivity contribution in [2.75, 3.05) is 36.5 Å². The minimum Gasteiger partial charge on any atom is -0.378 e. The summed E-state index contributed by atoms with van der Waals surface area (Å²) in [6.07, 6.45) is 2.59. The fourth-order valence-corrected chi connectivity index (χ4v) is 3.41. The van der Waals surface area contributed by atoms with Crippen molar-refractivity contribution in [3.05, 3.63) is 89.7 Å². The van der Waals surface area contributed by atoms with Gasteiger partial charge in [0, 0.05) is 36.6 Å². The zero-order valence-electron chi connectivity index (χ0n) is 15.7. The number of nitrogens with zero attached hydrogens (tertiary/aromatic N) is 1.